The second-order valence-corrected chi connectivity index (χ2v) is 8.48. The minimum absolute atomic E-state index is 0.115. The highest BCUT2D eigenvalue weighted by atomic mass is 16.2. The van der Waals surface area contributed by atoms with Crippen LogP contribution in [0.3, 0.4) is 0 Å². The molecule has 6 heteroatoms. The van der Waals surface area contributed by atoms with Crippen LogP contribution >= 0.6 is 0 Å². The molecule has 0 atom stereocenters. The number of aromatic amines is 1. The van der Waals surface area contributed by atoms with Crippen molar-refractivity contribution in [1.82, 2.24) is 14.8 Å². The summed E-state index contributed by atoms with van der Waals surface area (Å²) in [4.78, 5) is 45.1. The minimum Gasteiger partial charge on any atom is -0.358 e. The van der Waals surface area contributed by atoms with Gasteiger partial charge in [0.1, 0.15) is 0 Å². The summed E-state index contributed by atoms with van der Waals surface area (Å²) in [6.07, 6.45) is 0.764. The molecule has 0 saturated heterocycles. The first kappa shape index (κ1) is 18.6. The number of fused-ring (bicyclic) bond motifs is 4. The third-order valence-corrected chi connectivity index (χ3v) is 5.94. The van der Waals surface area contributed by atoms with Crippen LogP contribution in [0.2, 0.25) is 0 Å². The number of amides is 3. The van der Waals surface area contributed by atoms with Crippen molar-refractivity contribution in [3.05, 3.63) is 70.4 Å². The molecule has 6 nitrogen and oxygen atoms in total. The maximum absolute atomic E-state index is 13.2. The van der Waals surface area contributed by atoms with Crippen molar-refractivity contribution in [2.75, 3.05) is 13.1 Å². The van der Waals surface area contributed by atoms with E-state index in [0.717, 1.165) is 22.9 Å². The molecule has 3 aromatic rings. The number of carbonyl (C=O) groups is 3. The first-order valence-corrected chi connectivity index (χ1v) is 10.3. The molecule has 1 N–H and O–H groups in total. The van der Waals surface area contributed by atoms with E-state index >= 15 is 0 Å². The standard InChI is InChI=1S/C24H23N3O3/c1-14(2)12-27-23(29)17-8-7-15(11-18(17)24(27)30)22(28)26-10-9-21-19(13-26)16-5-3-4-6-20(16)25-21/h3-8,11,14,25H,9-10,12-13H2,1-2H3. The van der Waals surface area contributed by atoms with Crippen molar-refractivity contribution >= 4 is 28.6 Å². The Bertz CT molecular complexity index is 1210. The molecule has 3 heterocycles. The summed E-state index contributed by atoms with van der Waals surface area (Å²) in [5, 5.41) is 1.14. The molecule has 1 aromatic heterocycles. The van der Waals surface area contributed by atoms with Gasteiger partial charge in [-0.05, 0) is 30.2 Å². The monoisotopic (exact) mass is 401 g/mol. The van der Waals surface area contributed by atoms with E-state index in [4.69, 9.17) is 0 Å². The quantitative estimate of drug-likeness (QED) is 0.682. The zero-order valence-corrected chi connectivity index (χ0v) is 17.1. The van der Waals surface area contributed by atoms with Gasteiger partial charge in [0, 0.05) is 53.8 Å². The molecule has 2 aliphatic rings. The molecular weight excluding hydrogens is 378 g/mol. The second kappa shape index (κ2) is 6.83. The van der Waals surface area contributed by atoms with Gasteiger partial charge in [-0.2, -0.15) is 0 Å². The van der Waals surface area contributed by atoms with Gasteiger partial charge in [0.15, 0.2) is 0 Å². The van der Waals surface area contributed by atoms with Gasteiger partial charge in [0.2, 0.25) is 0 Å². The lowest BCUT2D eigenvalue weighted by molar-refractivity contribution is 0.0635. The van der Waals surface area contributed by atoms with Crippen LogP contribution in [0, 0.1) is 5.92 Å². The summed E-state index contributed by atoms with van der Waals surface area (Å²) in [6.45, 7) is 5.45. The van der Waals surface area contributed by atoms with E-state index in [-0.39, 0.29) is 23.6 Å². The number of nitrogens with one attached hydrogen (secondary N) is 1. The number of hydrogen-bond donors (Lipinski definition) is 1. The maximum Gasteiger partial charge on any atom is 0.261 e. The van der Waals surface area contributed by atoms with Crippen LogP contribution in [0.25, 0.3) is 10.9 Å². The first-order valence-electron chi connectivity index (χ1n) is 10.3. The van der Waals surface area contributed by atoms with Crippen molar-refractivity contribution in [3.8, 4) is 0 Å². The fourth-order valence-corrected chi connectivity index (χ4v) is 4.48. The highest BCUT2D eigenvalue weighted by Crippen LogP contribution is 2.29. The zero-order valence-electron chi connectivity index (χ0n) is 17.1. The molecule has 30 heavy (non-hydrogen) atoms. The topological polar surface area (TPSA) is 73.5 Å². The van der Waals surface area contributed by atoms with E-state index in [1.807, 2.05) is 36.9 Å². The van der Waals surface area contributed by atoms with E-state index < -0.39 is 0 Å². The summed E-state index contributed by atoms with van der Waals surface area (Å²) < 4.78 is 0. The highest BCUT2D eigenvalue weighted by molar-refractivity contribution is 6.22. The van der Waals surface area contributed by atoms with Gasteiger partial charge in [0.25, 0.3) is 17.7 Å². The smallest absolute Gasteiger partial charge is 0.261 e. The summed E-state index contributed by atoms with van der Waals surface area (Å²) in [5.41, 5.74) is 4.58. The molecule has 152 valence electrons. The van der Waals surface area contributed by atoms with Gasteiger partial charge in [-0.15, -0.1) is 0 Å². The number of H-pyrrole nitrogens is 1. The third kappa shape index (κ3) is 2.83. The van der Waals surface area contributed by atoms with E-state index in [9.17, 15) is 14.4 Å². The van der Waals surface area contributed by atoms with Gasteiger partial charge in [-0.1, -0.05) is 32.0 Å². The van der Waals surface area contributed by atoms with Crippen LogP contribution in [0.4, 0.5) is 0 Å². The summed E-state index contributed by atoms with van der Waals surface area (Å²) in [5.74, 6) is -0.511. The Hall–Kier alpha value is -3.41. The predicted octanol–water partition coefficient (Wildman–Crippen LogP) is 3.62. The number of imide groups is 1. The van der Waals surface area contributed by atoms with E-state index in [2.05, 4.69) is 11.1 Å². The number of para-hydroxylation sites is 1. The number of hydrogen-bond acceptors (Lipinski definition) is 3. The van der Waals surface area contributed by atoms with Crippen molar-refractivity contribution < 1.29 is 14.4 Å². The Morgan fingerprint density at radius 3 is 2.63 bits per heavy atom. The molecule has 3 amide bonds. The number of nitrogens with zero attached hydrogens (tertiary/aromatic N) is 2. The van der Waals surface area contributed by atoms with Gasteiger partial charge in [0.05, 0.1) is 11.1 Å². The van der Waals surface area contributed by atoms with E-state index in [1.165, 1.54) is 10.6 Å². The van der Waals surface area contributed by atoms with E-state index in [1.54, 1.807) is 18.2 Å². The Morgan fingerprint density at radius 2 is 1.83 bits per heavy atom. The molecular formula is C24H23N3O3. The van der Waals surface area contributed by atoms with Crippen LogP contribution in [-0.2, 0) is 13.0 Å². The molecule has 0 bridgehead atoms. The largest absolute Gasteiger partial charge is 0.358 e. The summed E-state index contributed by atoms with van der Waals surface area (Å²) >= 11 is 0. The summed E-state index contributed by atoms with van der Waals surface area (Å²) in [7, 11) is 0. The zero-order chi connectivity index (χ0) is 21.0. The number of rotatable bonds is 3. The van der Waals surface area contributed by atoms with Crippen molar-refractivity contribution in [2.45, 2.75) is 26.8 Å². The Morgan fingerprint density at radius 1 is 1.07 bits per heavy atom. The average Bonchev–Trinajstić information content (AvgIpc) is 3.23. The normalized spacial score (nSPS) is 15.8. The Labute approximate surface area is 174 Å². The van der Waals surface area contributed by atoms with Gasteiger partial charge in [-0.3, -0.25) is 19.3 Å². The van der Waals surface area contributed by atoms with Crippen molar-refractivity contribution in [1.29, 1.82) is 0 Å². The number of benzene rings is 2. The SMILES string of the molecule is CC(C)CN1C(=O)c2ccc(C(=O)N3CCc4[nH]c5ccccc5c4C3)cc2C1=O. The molecule has 2 aliphatic heterocycles. The predicted molar refractivity (Wildman–Crippen MR) is 113 cm³/mol. The van der Waals surface area contributed by atoms with Crippen molar-refractivity contribution in [2.24, 2.45) is 5.92 Å². The molecule has 0 unspecified atom stereocenters. The first-order chi connectivity index (χ1) is 14.4. The Balaban J connectivity index is 1.43. The van der Waals surface area contributed by atoms with Crippen LogP contribution in [-0.4, -0.2) is 45.6 Å². The lowest BCUT2D eigenvalue weighted by Gasteiger charge is -2.27. The minimum atomic E-state index is -0.309. The average molecular weight is 401 g/mol. The van der Waals surface area contributed by atoms with Crippen LogP contribution in [0.1, 0.15) is 56.2 Å². The highest BCUT2D eigenvalue weighted by Gasteiger charge is 2.36. The van der Waals surface area contributed by atoms with Gasteiger partial charge < -0.3 is 9.88 Å². The van der Waals surface area contributed by atoms with Crippen LogP contribution in [0.5, 0.6) is 0 Å². The van der Waals surface area contributed by atoms with E-state index in [0.29, 0.717) is 36.3 Å². The molecule has 0 spiro atoms. The molecule has 2 aromatic carbocycles. The molecule has 0 fully saturated rings. The number of aromatic nitrogens is 1. The van der Waals surface area contributed by atoms with Crippen LogP contribution in [0.15, 0.2) is 42.5 Å². The Kier molecular flexibility index (Phi) is 4.24. The van der Waals surface area contributed by atoms with Crippen molar-refractivity contribution in [3.63, 3.8) is 0 Å². The maximum atomic E-state index is 13.2. The third-order valence-electron chi connectivity index (χ3n) is 5.94. The summed E-state index contributed by atoms with van der Waals surface area (Å²) in [6, 6.07) is 13.0. The second-order valence-electron chi connectivity index (χ2n) is 8.48. The molecule has 0 radical (unpaired) electrons. The fraction of sp³-hybridized carbons (Fsp3) is 0.292. The van der Waals surface area contributed by atoms with Gasteiger partial charge in [-0.25, -0.2) is 0 Å². The number of carbonyl (C=O) groups excluding carboxylic acids is 3. The van der Waals surface area contributed by atoms with Gasteiger partial charge >= 0.3 is 0 Å². The molecule has 0 saturated carbocycles. The fourth-order valence-electron chi connectivity index (χ4n) is 4.48. The lowest BCUT2D eigenvalue weighted by Crippen LogP contribution is -2.35. The van der Waals surface area contributed by atoms with Crippen LogP contribution < -0.4 is 0 Å². The molecule has 5 rings (SSSR count). The lowest BCUT2D eigenvalue weighted by atomic mass is 10.0. The molecule has 0 aliphatic carbocycles.